The predicted octanol–water partition coefficient (Wildman–Crippen LogP) is 2.41. The van der Waals surface area contributed by atoms with Crippen molar-refractivity contribution in [2.45, 2.75) is 52.5 Å². The second-order valence-electron chi connectivity index (χ2n) is 6.30. The van der Waals surface area contributed by atoms with Crippen LogP contribution in [0.2, 0.25) is 0 Å². The molecule has 1 fully saturated rings. The molecule has 1 rings (SSSR count). The van der Waals surface area contributed by atoms with Gasteiger partial charge < -0.3 is 14.9 Å². The number of amides is 2. The van der Waals surface area contributed by atoms with E-state index in [1.807, 2.05) is 25.7 Å². The predicted molar refractivity (Wildman–Crippen MR) is 74.1 cm³/mol. The van der Waals surface area contributed by atoms with Crippen LogP contribution in [0.1, 0.15) is 47.0 Å². The number of aliphatic carboxylic acids is 1. The number of carboxylic acids is 1. The zero-order valence-corrected chi connectivity index (χ0v) is 12.5. The van der Waals surface area contributed by atoms with Crippen LogP contribution in [0.4, 0.5) is 4.79 Å². The number of urea groups is 1. The quantitative estimate of drug-likeness (QED) is 0.856. The van der Waals surface area contributed by atoms with Gasteiger partial charge in [-0.1, -0.05) is 13.3 Å². The molecule has 0 radical (unpaired) electrons. The molecule has 0 aromatic heterocycles. The maximum absolute atomic E-state index is 12.5. The second-order valence-corrected chi connectivity index (χ2v) is 6.30. The second kappa shape index (κ2) is 6.26. The molecule has 19 heavy (non-hydrogen) atoms. The summed E-state index contributed by atoms with van der Waals surface area (Å²) in [5.41, 5.74) is -0.478. The summed E-state index contributed by atoms with van der Waals surface area (Å²) < 4.78 is 0. The highest BCUT2D eigenvalue weighted by atomic mass is 16.4. The van der Waals surface area contributed by atoms with E-state index >= 15 is 0 Å². The van der Waals surface area contributed by atoms with Gasteiger partial charge in [-0.15, -0.1) is 0 Å². The normalized spacial score (nSPS) is 20.2. The Kier molecular flexibility index (Phi) is 5.20. The Labute approximate surface area is 115 Å². The maximum atomic E-state index is 12.5. The average Bonchev–Trinajstić information content (AvgIpc) is 2.33. The summed E-state index contributed by atoms with van der Waals surface area (Å²) in [6.07, 6.45) is 3.24. The van der Waals surface area contributed by atoms with Crippen molar-refractivity contribution in [1.29, 1.82) is 0 Å². The Morgan fingerprint density at radius 2 is 2.00 bits per heavy atom. The molecule has 1 atom stereocenters. The summed E-state index contributed by atoms with van der Waals surface area (Å²) in [4.78, 5) is 26.7. The molecule has 0 aromatic rings. The largest absolute Gasteiger partial charge is 0.480 e. The molecule has 1 saturated heterocycles. The average molecular weight is 270 g/mol. The third-order valence-corrected chi connectivity index (χ3v) is 3.70. The van der Waals surface area contributed by atoms with Crippen molar-refractivity contribution in [2.24, 2.45) is 5.92 Å². The minimum Gasteiger partial charge on any atom is -0.480 e. The van der Waals surface area contributed by atoms with E-state index in [1.54, 1.807) is 0 Å². The van der Waals surface area contributed by atoms with Crippen LogP contribution in [0.25, 0.3) is 0 Å². The number of hydrogen-bond acceptors (Lipinski definition) is 2. The smallest absolute Gasteiger partial charge is 0.323 e. The van der Waals surface area contributed by atoms with E-state index < -0.39 is 11.5 Å². The van der Waals surface area contributed by atoms with E-state index in [2.05, 4.69) is 6.92 Å². The molecule has 1 unspecified atom stereocenters. The first-order valence-corrected chi connectivity index (χ1v) is 7.04. The Morgan fingerprint density at radius 1 is 1.37 bits per heavy atom. The fourth-order valence-electron chi connectivity index (χ4n) is 2.47. The topological polar surface area (TPSA) is 60.9 Å². The first-order chi connectivity index (χ1) is 8.75. The molecule has 1 aliphatic rings. The summed E-state index contributed by atoms with van der Waals surface area (Å²) in [7, 11) is 0. The summed E-state index contributed by atoms with van der Waals surface area (Å²) in [5, 5.41) is 8.98. The van der Waals surface area contributed by atoms with Crippen LogP contribution in [-0.4, -0.2) is 52.1 Å². The number of nitrogens with zero attached hydrogens (tertiary/aromatic N) is 2. The number of hydrogen-bond donors (Lipinski definition) is 1. The van der Waals surface area contributed by atoms with Gasteiger partial charge >= 0.3 is 12.0 Å². The van der Waals surface area contributed by atoms with Crippen molar-refractivity contribution >= 4 is 12.0 Å². The molecular formula is C14H26N2O3. The molecule has 0 bridgehead atoms. The van der Waals surface area contributed by atoms with E-state index in [0.29, 0.717) is 5.92 Å². The van der Waals surface area contributed by atoms with E-state index in [9.17, 15) is 9.59 Å². The lowest BCUT2D eigenvalue weighted by Gasteiger charge is -2.41. The highest BCUT2D eigenvalue weighted by Gasteiger charge is 2.33. The van der Waals surface area contributed by atoms with Gasteiger partial charge in [0.15, 0.2) is 0 Å². The minimum atomic E-state index is -0.965. The Morgan fingerprint density at radius 3 is 2.47 bits per heavy atom. The fourth-order valence-corrected chi connectivity index (χ4v) is 2.47. The number of carbonyl (C=O) groups excluding carboxylic acids is 1. The fraction of sp³-hybridized carbons (Fsp3) is 0.857. The maximum Gasteiger partial charge on any atom is 0.323 e. The Bertz CT molecular complexity index is 336. The van der Waals surface area contributed by atoms with E-state index in [4.69, 9.17) is 5.11 Å². The Balaban J connectivity index is 2.78. The van der Waals surface area contributed by atoms with Crippen molar-refractivity contribution in [1.82, 2.24) is 9.80 Å². The lowest BCUT2D eigenvalue weighted by atomic mass is 9.95. The molecule has 110 valence electrons. The lowest BCUT2D eigenvalue weighted by Crippen LogP contribution is -2.55. The van der Waals surface area contributed by atoms with Crippen molar-refractivity contribution < 1.29 is 14.7 Å². The van der Waals surface area contributed by atoms with Crippen molar-refractivity contribution in [3.63, 3.8) is 0 Å². The van der Waals surface area contributed by atoms with E-state index in [0.717, 1.165) is 32.4 Å². The standard InChI is InChI=1S/C14H26N2O3/c1-5-11-7-6-8-15(9-11)13(19)16(10-12(17)18)14(2,3)4/h11H,5-10H2,1-4H3,(H,17,18). The molecule has 0 aliphatic carbocycles. The molecular weight excluding hydrogens is 244 g/mol. The van der Waals surface area contributed by atoms with Gasteiger partial charge in [0.2, 0.25) is 0 Å². The molecule has 5 heteroatoms. The molecule has 0 aromatic carbocycles. The van der Waals surface area contributed by atoms with Crippen molar-refractivity contribution in [2.75, 3.05) is 19.6 Å². The van der Waals surface area contributed by atoms with E-state index in [-0.39, 0.29) is 12.6 Å². The van der Waals surface area contributed by atoms with Gasteiger partial charge in [0.25, 0.3) is 0 Å². The molecule has 0 saturated carbocycles. The number of rotatable bonds is 3. The summed E-state index contributed by atoms with van der Waals surface area (Å²) in [6.45, 7) is 9.00. The van der Waals surface area contributed by atoms with Crippen molar-refractivity contribution in [3.05, 3.63) is 0 Å². The molecule has 0 spiro atoms. The summed E-state index contributed by atoms with van der Waals surface area (Å²) >= 11 is 0. The first kappa shape index (κ1) is 15.8. The summed E-state index contributed by atoms with van der Waals surface area (Å²) in [5.74, 6) is -0.420. The van der Waals surface area contributed by atoms with Gasteiger partial charge in [-0.05, 0) is 39.5 Å². The number of carbonyl (C=O) groups is 2. The highest BCUT2D eigenvalue weighted by molar-refractivity contribution is 5.81. The molecule has 2 amide bonds. The summed E-state index contributed by atoms with van der Waals surface area (Å²) in [6, 6.07) is -0.145. The van der Waals surface area contributed by atoms with Crippen LogP contribution in [0.15, 0.2) is 0 Å². The Hall–Kier alpha value is -1.26. The van der Waals surface area contributed by atoms with Gasteiger partial charge in [0.1, 0.15) is 6.54 Å². The van der Waals surface area contributed by atoms with Crippen molar-refractivity contribution in [3.8, 4) is 0 Å². The minimum absolute atomic E-state index is 0.145. The monoisotopic (exact) mass is 270 g/mol. The zero-order chi connectivity index (χ0) is 14.6. The first-order valence-electron chi connectivity index (χ1n) is 7.04. The van der Waals surface area contributed by atoms with Gasteiger partial charge in [-0.3, -0.25) is 4.79 Å². The van der Waals surface area contributed by atoms with Gasteiger partial charge in [0.05, 0.1) is 0 Å². The van der Waals surface area contributed by atoms with Gasteiger partial charge in [0, 0.05) is 18.6 Å². The number of likely N-dealkylation sites (tertiary alicyclic amines) is 1. The van der Waals surface area contributed by atoms with Crippen LogP contribution in [0, 0.1) is 5.92 Å². The molecule has 1 N–H and O–H groups in total. The highest BCUT2D eigenvalue weighted by Crippen LogP contribution is 2.22. The number of carboxylic acid groups (broad SMARTS) is 1. The van der Waals surface area contributed by atoms with Crippen LogP contribution in [0.3, 0.4) is 0 Å². The zero-order valence-electron chi connectivity index (χ0n) is 12.5. The molecule has 1 heterocycles. The molecule has 5 nitrogen and oxygen atoms in total. The van der Waals surface area contributed by atoms with Gasteiger partial charge in [-0.25, -0.2) is 4.79 Å². The number of piperidine rings is 1. The van der Waals surface area contributed by atoms with Crippen LogP contribution >= 0.6 is 0 Å². The van der Waals surface area contributed by atoms with Gasteiger partial charge in [-0.2, -0.15) is 0 Å². The SMILES string of the molecule is CCC1CCCN(C(=O)N(CC(=O)O)C(C)(C)C)C1. The lowest BCUT2D eigenvalue weighted by molar-refractivity contribution is -0.138. The third kappa shape index (κ3) is 4.40. The van der Waals surface area contributed by atoms with Crippen LogP contribution in [-0.2, 0) is 4.79 Å². The van der Waals surface area contributed by atoms with Crippen LogP contribution in [0.5, 0.6) is 0 Å². The molecule has 1 aliphatic heterocycles. The van der Waals surface area contributed by atoms with Crippen LogP contribution < -0.4 is 0 Å². The third-order valence-electron chi connectivity index (χ3n) is 3.70. The van der Waals surface area contributed by atoms with E-state index in [1.165, 1.54) is 4.90 Å².